The summed E-state index contributed by atoms with van der Waals surface area (Å²) in [5, 5.41) is 8.68. The number of nitriles is 1. The molecule has 2 aromatic rings. The second-order valence-corrected chi connectivity index (χ2v) is 7.21. The van der Waals surface area contributed by atoms with Crippen molar-refractivity contribution in [2.75, 3.05) is 5.75 Å². The lowest BCUT2D eigenvalue weighted by molar-refractivity contribution is -0.119. The van der Waals surface area contributed by atoms with Crippen LogP contribution in [0.2, 0.25) is 0 Å². The van der Waals surface area contributed by atoms with E-state index >= 15 is 0 Å². The first-order chi connectivity index (χ1) is 11.4. The average Bonchev–Trinajstić information content (AvgIpc) is 2.59. The van der Waals surface area contributed by atoms with Gasteiger partial charge in [-0.3, -0.25) is 10.2 Å². The van der Waals surface area contributed by atoms with Crippen LogP contribution in [0.25, 0.3) is 0 Å². The van der Waals surface area contributed by atoms with Crippen LogP contribution in [-0.2, 0) is 14.8 Å². The number of hydrogen-bond acceptors (Lipinski definition) is 5. The Morgan fingerprint density at radius 3 is 2.46 bits per heavy atom. The summed E-state index contributed by atoms with van der Waals surface area (Å²) in [5.74, 6) is -1.23. The van der Waals surface area contributed by atoms with Gasteiger partial charge in [0.2, 0.25) is 5.91 Å². The van der Waals surface area contributed by atoms with Gasteiger partial charge in [0.15, 0.2) is 0 Å². The van der Waals surface area contributed by atoms with Gasteiger partial charge in [0.25, 0.3) is 10.0 Å². The summed E-state index contributed by atoms with van der Waals surface area (Å²) >= 11 is 0.949. The lowest BCUT2D eigenvalue weighted by Crippen LogP contribution is -2.42. The SMILES string of the molecule is N#Cc1ccc(S(=O)(=O)NNC(=O)CSc2ccccc2F)cc1. The van der Waals surface area contributed by atoms with Gasteiger partial charge in [-0.05, 0) is 36.4 Å². The van der Waals surface area contributed by atoms with Crippen molar-refractivity contribution in [1.82, 2.24) is 10.3 Å². The topological polar surface area (TPSA) is 99.1 Å². The maximum Gasteiger partial charge on any atom is 0.257 e. The Morgan fingerprint density at radius 1 is 1.17 bits per heavy atom. The van der Waals surface area contributed by atoms with Gasteiger partial charge in [0.05, 0.1) is 22.3 Å². The van der Waals surface area contributed by atoms with Crippen molar-refractivity contribution in [2.24, 2.45) is 0 Å². The first kappa shape index (κ1) is 17.9. The molecule has 0 saturated carbocycles. The van der Waals surface area contributed by atoms with E-state index in [9.17, 15) is 17.6 Å². The van der Waals surface area contributed by atoms with Gasteiger partial charge >= 0.3 is 0 Å². The highest BCUT2D eigenvalue weighted by Crippen LogP contribution is 2.20. The smallest absolute Gasteiger partial charge is 0.257 e. The van der Waals surface area contributed by atoms with Crippen molar-refractivity contribution in [3.8, 4) is 6.07 Å². The Bertz CT molecular complexity index is 878. The van der Waals surface area contributed by atoms with Crippen LogP contribution in [0.1, 0.15) is 5.56 Å². The number of halogens is 1. The zero-order valence-corrected chi connectivity index (χ0v) is 13.8. The number of nitrogens with one attached hydrogen (secondary N) is 2. The summed E-state index contributed by atoms with van der Waals surface area (Å²) in [5.41, 5.74) is 2.37. The Balaban J connectivity index is 1.90. The number of carbonyl (C=O) groups excluding carboxylic acids is 1. The molecular formula is C15H12FN3O3S2. The second-order valence-electron chi connectivity index (χ2n) is 4.51. The summed E-state index contributed by atoms with van der Waals surface area (Å²) in [4.78, 5) is 13.8. The van der Waals surface area contributed by atoms with E-state index in [-0.39, 0.29) is 10.6 Å². The number of sulfonamides is 1. The Kier molecular flexibility index (Phi) is 5.92. The van der Waals surface area contributed by atoms with Gasteiger partial charge in [0, 0.05) is 4.90 Å². The van der Waals surface area contributed by atoms with Crippen LogP contribution in [0, 0.1) is 17.1 Å². The molecule has 0 aliphatic carbocycles. The van der Waals surface area contributed by atoms with Crippen molar-refractivity contribution in [2.45, 2.75) is 9.79 Å². The minimum Gasteiger partial charge on any atom is -0.277 e. The average molecular weight is 365 g/mol. The second kappa shape index (κ2) is 7.92. The molecule has 0 atom stereocenters. The van der Waals surface area contributed by atoms with E-state index in [4.69, 9.17) is 5.26 Å². The van der Waals surface area contributed by atoms with Crippen molar-refractivity contribution < 1.29 is 17.6 Å². The van der Waals surface area contributed by atoms with Crippen LogP contribution in [-0.4, -0.2) is 20.1 Å². The van der Waals surface area contributed by atoms with Crippen molar-refractivity contribution in [3.05, 3.63) is 59.9 Å². The predicted molar refractivity (Wildman–Crippen MR) is 86.7 cm³/mol. The molecule has 0 saturated heterocycles. The molecule has 124 valence electrons. The van der Waals surface area contributed by atoms with E-state index < -0.39 is 21.7 Å². The molecule has 9 heteroatoms. The van der Waals surface area contributed by atoms with Crippen LogP contribution in [0.3, 0.4) is 0 Å². The Hall–Kier alpha value is -2.41. The van der Waals surface area contributed by atoms with Crippen LogP contribution in [0.5, 0.6) is 0 Å². The summed E-state index contributed by atoms with van der Waals surface area (Å²) in [7, 11) is -3.95. The molecule has 0 fully saturated rings. The molecule has 0 heterocycles. The van der Waals surface area contributed by atoms with Crippen LogP contribution < -0.4 is 10.3 Å². The minimum absolute atomic E-state index is 0.0939. The van der Waals surface area contributed by atoms with E-state index in [1.54, 1.807) is 6.07 Å². The van der Waals surface area contributed by atoms with Crippen LogP contribution in [0.15, 0.2) is 58.3 Å². The Morgan fingerprint density at radius 2 is 1.83 bits per heavy atom. The van der Waals surface area contributed by atoms with Gasteiger partial charge in [0.1, 0.15) is 5.82 Å². The van der Waals surface area contributed by atoms with Gasteiger partial charge in [-0.2, -0.15) is 5.26 Å². The monoisotopic (exact) mass is 365 g/mol. The first-order valence-corrected chi connectivity index (χ1v) is 9.07. The van der Waals surface area contributed by atoms with E-state index in [1.165, 1.54) is 42.5 Å². The number of nitrogens with zero attached hydrogens (tertiary/aromatic N) is 1. The maximum atomic E-state index is 13.4. The van der Waals surface area contributed by atoms with Gasteiger partial charge in [-0.25, -0.2) is 12.8 Å². The van der Waals surface area contributed by atoms with E-state index in [1.807, 2.05) is 10.9 Å². The van der Waals surface area contributed by atoms with Gasteiger partial charge < -0.3 is 0 Å². The number of carbonyl (C=O) groups is 1. The molecule has 6 nitrogen and oxygen atoms in total. The highest BCUT2D eigenvalue weighted by molar-refractivity contribution is 8.00. The standard InChI is InChI=1S/C15H12FN3O3S2/c16-13-3-1-2-4-14(13)23-10-15(20)18-19-24(21,22)12-7-5-11(9-17)6-8-12/h1-8,19H,10H2,(H,18,20). The van der Waals surface area contributed by atoms with Gasteiger partial charge in [-0.15, -0.1) is 16.6 Å². The van der Waals surface area contributed by atoms with Crippen molar-refractivity contribution in [1.29, 1.82) is 5.26 Å². The summed E-state index contributed by atoms with van der Waals surface area (Å²) < 4.78 is 37.4. The van der Waals surface area contributed by atoms with Crippen LogP contribution in [0.4, 0.5) is 4.39 Å². The fraction of sp³-hybridized carbons (Fsp3) is 0.0667. The highest BCUT2D eigenvalue weighted by atomic mass is 32.2. The lowest BCUT2D eigenvalue weighted by Gasteiger charge is -2.08. The molecule has 24 heavy (non-hydrogen) atoms. The van der Waals surface area contributed by atoms with Crippen LogP contribution >= 0.6 is 11.8 Å². The number of thioether (sulfide) groups is 1. The molecule has 1 amide bonds. The molecule has 0 aliphatic heterocycles. The maximum absolute atomic E-state index is 13.4. The summed E-state index contributed by atoms with van der Waals surface area (Å²) in [6, 6.07) is 13.0. The molecule has 0 aliphatic rings. The number of amides is 1. The van der Waals surface area contributed by atoms with E-state index in [0.717, 1.165) is 11.8 Å². The molecular weight excluding hydrogens is 353 g/mol. The lowest BCUT2D eigenvalue weighted by atomic mass is 10.2. The molecule has 0 aromatic heterocycles. The molecule has 2 N–H and O–H groups in total. The third-order valence-corrected chi connectivity index (χ3v) is 5.13. The third kappa shape index (κ3) is 4.79. The van der Waals surface area contributed by atoms with E-state index in [2.05, 4.69) is 5.43 Å². The highest BCUT2D eigenvalue weighted by Gasteiger charge is 2.15. The Labute approximate surface area is 142 Å². The zero-order valence-electron chi connectivity index (χ0n) is 12.2. The molecule has 2 aromatic carbocycles. The molecule has 0 radical (unpaired) electrons. The molecule has 0 bridgehead atoms. The fourth-order valence-corrected chi connectivity index (χ4v) is 3.23. The van der Waals surface area contributed by atoms with E-state index in [0.29, 0.717) is 10.5 Å². The molecule has 0 spiro atoms. The molecule has 2 rings (SSSR count). The zero-order chi connectivity index (χ0) is 17.6. The fourth-order valence-electron chi connectivity index (χ4n) is 1.63. The first-order valence-electron chi connectivity index (χ1n) is 6.60. The summed E-state index contributed by atoms with van der Waals surface area (Å²) in [6.45, 7) is 0. The number of hydrazine groups is 1. The normalized spacial score (nSPS) is 10.8. The molecule has 0 unspecified atom stereocenters. The number of benzene rings is 2. The third-order valence-electron chi connectivity index (χ3n) is 2.81. The number of hydrogen-bond donors (Lipinski definition) is 2. The van der Waals surface area contributed by atoms with Crippen molar-refractivity contribution in [3.63, 3.8) is 0 Å². The largest absolute Gasteiger partial charge is 0.277 e. The predicted octanol–water partition coefficient (Wildman–Crippen LogP) is 1.80. The van der Waals surface area contributed by atoms with Crippen molar-refractivity contribution >= 4 is 27.7 Å². The van der Waals surface area contributed by atoms with Gasteiger partial charge in [-0.1, -0.05) is 12.1 Å². The quantitative estimate of drug-likeness (QED) is 0.601. The number of rotatable bonds is 6. The minimum atomic E-state index is -3.95. The summed E-state index contributed by atoms with van der Waals surface area (Å²) in [6.07, 6.45) is 0.